The van der Waals surface area contributed by atoms with E-state index in [4.69, 9.17) is 0 Å². The third-order valence-corrected chi connectivity index (χ3v) is 1.78. The van der Waals surface area contributed by atoms with Gasteiger partial charge < -0.3 is 10.2 Å². The second-order valence-electron chi connectivity index (χ2n) is 3.40. The Balaban J connectivity index is 0.000000671. The van der Waals surface area contributed by atoms with Gasteiger partial charge in [-0.3, -0.25) is 0 Å². The molecule has 1 rings (SSSR count). The molecule has 1 heterocycles. The minimum atomic E-state index is -2.49. The molecule has 1 aliphatic heterocycles. The van der Waals surface area contributed by atoms with Crippen LogP contribution in [0.15, 0.2) is 0 Å². The molecular weight excluding hydrogens is 174 g/mol. The van der Waals surface area contributed by atoms with Crippen molar-refractivity contribution < 1.29 is 8.78 Å². The lowest BCUT2D eigenvalue weighted by Crippen LogP contribution is -2.33. The van der Waals surface area contributed by atoms with E-state index in [0.717, 1.165) is 0 Å². The molecule has 0 aromatic carbocycles. The van der Waals surface area contributed by atoms with Crippen molar-refractivity contribution in [2.45, 2.75) is 32.2 Å². The van der Waals surface area contributed by atoms with Crippen LogP contribution >= 0.6 is 0 Å². The predicted molar refractivity (Wildman–Crippen MR) is 51.3 cm³/mol. The highest BCUT2D eigenvalue weighted by atomic mass is 19.3. The van der Waals surface area contributed by atoms with E-state index in [1.165, 1.54) is 0 Å². The van der Waals surface area contributed by atoms with Gasteiger partial charge in [0, 0.05) is 19.0 Å². The number of alkyl halides is 2. The van der Waals surface area contributed by atoms with Crippen LogP contribution in [0.3, 0.4) is 0 Å². The molecule has 13 heavy (non-hydrogen) atoms. The second kappa shape index (κ2) is 5.50. The van der Waals surface area contributed by atoms with Crippen LogP contribution in [0.4, 0.5) is 8.78 Å². The second-order valence-corrected chi connectivity index (χ2v) is 3.40. The summed E-state index contributed by atoms with van der Waals surface area (Å²) in [5, 5.41) is 2.79. The van der Waals surface area contributed by atoms with E-state index < -0.39 is 5.92 Å². The van der Waals surface area contributed by atoms with Crippen LogP contribution in [0.25, 0.3) is 0 Å². The molecule has 0 amide bonds. The Morgan fingerprint density at radius 2 is 1.92 bits per heavy atom. The normalized spacial score (nSPS) is 25.6. The van der Waals surface area contributed by atoms with Gasteiger partial charge in [0.2, 0.25) is 0 Å². The molecule has 0 unspecified atom stereocenters. The van der Waals surface area contributed by atoms with Gasteiger partial charge in [0.15, 0.2) is 0 Å². The molecule has 2 nitrogen and oxygen atoms in total. The van der Waals surface area contributed by atoms with Gasteiger partial charge in [0.1, 0.15) is 0 Å². The van der Waals surface area contributed by atoms with E-state index in [1.54, 1.807) is 0 Å². The van der Waals surface area contributed by atoms with Crippen molar-refractivity contribution in [1.29, 1.82) is 0 Å². The van der Waals surface area contributed by atoms with Gasteiger partial charge >= 0.3 is 0 Å². The predicted octanol–water partition coefficient (Wildman–Crippen LogP) is 1.57. The van der Waals surface area contributed by atoms with Crippen LogP contribution in [0.5, 0.6) is 0 Å². The van der Waals surface area contributed by atoms with E-state index >= 15 is 0 Å². The van der Waals surface area contributed by atoms with Gasteiger partial charge in [-0.05, 0) is 14.1 Å². The quantitative estimate of drug-likeness (QED) is 0.718. The van der Waals surface area contributed by atoms with Crippen molar-refractivity contribution >= 4 is 0 Å². The maximum atomic E-state index is 12.6. The molecule has 1 saturated heterocycles. The van der Waals surface area contributed by atoms with E-state index in [0.29, 0.717) is 6.54 Å². The zero-order valence-electron chi connectivity index (χ0n) is 8.90. The fraction of sp³-hybridized carbons (Fsp3) is 1.00. The summed E-state index contributed by atoms with van der Waals surface area (Å²) in [6.45, 7) is 4.53. The summed E-state index contributed by atoms with van der Waals surface area (Å²) in [7, 11) is 3.77. The van der Waals surface area contributed by atoms with Crippen LogP contribution in [0.1, 0.15) is 20.3 Å². The highest BCUT2D eigenvalue weighted by molar-refractivity contribution is 4.88. The molecule has 1 aliphatic rings. The van der Waals surface area contributed by atoms with E-state index in [1.807, 2.05) is 32.8 Å². The average Bonchev–Trinajstić information content (AvgIpc) is 2.33. The molecule has 0 saturated carbocycles. The lowest BCUT2D eigenvalue weighted by Gasteiger charge is -2.15. The zero-order chi connectivity index (χ0) is 10.5. The Morgan fingerprint density at radius 1 is 1.38 bits per heavy atom. The molecular formula is C9H20F2N2. The molecule has 1 fully saturated rings. The van der Waals surface area contributed by atoms with Gasteiger partial charge in [0.05, 0.1) is 6.54 Å². The van der Waals surface area contributed by atoms with Gasteiger partial charge in [-0.25, -0.2) is 8.78 Å². The van der Waals surface area contributed by atoms with Crippen molar-refractivity contribution in [2.75, 3.05) is 27.2 Å². The van der Waals surface area contributed by atoms with Crippen LogP contribution in [-0.2, 0) is 0 Å². The van der Waals surface area contributed by atoms with Gasteiger partial charge in [-0.2, -0.15) is 0 Å². The SMILES string of the molecule is CC.CN(C)C[C@@H]1CC(F)(F)CN1. The van der Waals surface area contributed by atoms with Crippen molar-refractivity contribution in [1.82, 2.24) is 10.2 Å². The summed E-state index contributed by atoms with van der Waals surface area (Å²) in [4.78, 5) is 1.92. The highest BCUT2D eigenvalue weighted by Crippen LogP contribution is 2.24. The first-order valence-corrected chi connectivity index (χ1v) is 4.75. The first kappa shape index (κ1) is 12.8. The zero-order valence-corrected chi connectivity index (χ0v) is 8.90. The molecule has 0 aromatic rings. The van der Waals surface area contributed by atoms with Crippen molar-refractivity contribution in [2.24, 2.45) is 0 Å². The third-order valence-electron chi connectivity index (χ3n) is 1.78. The molecule has 4 heteroatoms. The maximum absolute atomic E-state index is 12.6. The Kier molecular flexibility index (Phi) is 5.40. The molecule has 0 spiro atoms. The molecule has 0 aromatic heterocycles. The summed E-state index contributed by atoms with van der Waals surface area (Å²) in [5.41, 5.74) is 0. The maximum Gasteiger partial charge on any atom is 0.261 e. The van der Waals surface area contributed by atoms with Crippen LogP contribution < -0.4 is 5.32 Å². The van der Waals surface area contributed by atoms with Gasteiger partial charge in [-0.1, -0.05) is 13.8 Å². The van der Waals surface area contributed by atoms with Gasteiger partial charge in [-0.15, -0.1) is 0 Å². The van der Waals surface area contributed by atoms with E-state index in [-0.39, 0.29) is 19.0 Å². The van der Waals surface area contributed by atoms with Crippen LogP contribution in [-0.4, -0.2) is 44.0 Å². The fourth-order valence-corrected chi connectivity index (χ4v) is 1.37. The first-order chi connectivity index (χ1) is 5.99. The summed E-state index contributed by atoms with van der Waals surface area (Å²) >= 11 is 0. The number of nitrogens with one attached hydrogen (secondary N) is 1. The third kappa shape index (κ3) is 5.16. The standard InChI is InChI=1S/C7H14F2N2.C2H6/c1-11(2)4-6-3-7(8,9)5-10-6;1-2/h6,10H,3-5H2,1-2H3;1-2H3/t6-;/m0./s1. The summed E-state index contributed by atoms with van der Waals surface area (Å²) in [6, 6.07) is -0.0417. The Bertz CT molecular complexity index is 138. The lowest BCUT2D eigenvalue weighted by molar-refractivity contribution is 0.0204. The molecule has 0 radical (unpaired) electrons. The Morgan fingerprint density at radius 3 is 2.23 bits per heavy atom. The monoisotopic (exact) mass is 194 g/mol. The number of halogens is 2. The Hall–Kier alpha value is -0.220. The molecule has 1 N–H and O–H groups in total. The molecule has 0 bridgehead atoms. The number of likely N-dealkylation sites (N-methyl/N-ethyl adjacent to an activating group) is 1. The summed E-state index contributed by atoms with van der Waals surface area (Å²) in [5.74, 6) is -2.49. The molecule has 0 aliphatic carbocycles. The summed E-state index contributed by atoms with van der Waals surface area (Å²) in [6.07, 6.45) is -0.0226. The van der Waals surface area contributed by atoms with E-state index in [2.05, 4.69) is 5.32 Å². The number of nitrogens with zero attached hydrogens (tertiary/aromatic N) is 1. The van der Waals surface area contributed by atoms with Crippen molar-refractivity contribution in [3.05, 3.63) is 0 Å². The fourth-order valence-electron chi connectivity index (χ4n) is 1.37. The van der Waals surface area contributed by atoms with E-state index in [9.17, 15) is 8.78 Å². The number of hydrogen-bond acceptors (Lipinski definition) is 2. The topological polar surface area (TPSA) is 15.3 Å². The van der Waals surface area contributed by atoms with Crippen molar-refractivity contribution in [3.8, 4) is 0 Å². The largest absolute Gasteiger partial charge is 0.308 e. The number of rotatable bonds is 2. The van der Waals surface area contributed by atoms with Gasteiger partial charge in [0.25, 0.3) is 5.92 Å². The van der Waals surface area contributed by atoms with Crippen molar-refractivity contribution in [3.63, 3.8) is 0 Å². The first-order valence-electron chi connectivity index (χ1n) is 4.75. The smallest absolute Gasteiger partial charge is 0.261 e. The number of hydrogen-bond donors (Lipinski definition) is 1. The summed E-state index contributed by atoms with van der Waals surface area (Å²) < 4.78 is 25.1. The Labute approximate surface area is 79.3 Å². The minimum absolute atomic E-state index is 0.0226. The van der Waals surface area contributed by atoms with Crippen LogP contribution in [0.2, 0.25) is 0 Å². The average molecular weight is 194 g/mol. The highest BCUT2D eigenvalue weighted by Gasteiger charge is 2.38. The molecule has 80 valence electrons. The van der Waals surface area contributed by atoms with Crippen LogP contribution in [0, 0.1) is 0 Å². The minimum Gasteiger partial charge on any atom is -0.308 e. The molecule has 1 atom stereocenters. The lowest BCUT2D eigenvalue weighted by atomic mass is 10.2.